The van der Waals surface area contributed by atoms with Gasteiger partial charge in [-0.3, -0.25) is 0 Å². The van der Waals surface area contributed by atoms with Crippen LogP contribution in [0.5, 0.6) is 0 Å². The molecule has 0 aliphatic carbocycles. The molecule has 0 amide bonds. The highest BCUT2D eigenvalue weighted by atomic mass is 79.9. The van der Waals surface area contributed by atoms with E-state index in [9.17, 15) is 0 Å². The zero-order valence-electron chi connectivity index (χ0n) is 8.26. The molecule has 2 N–H and O–H groups in total. The lowest BCUT2D eigenvalue weighted by atomic mass is 10.0. The molecule has 2 heteroatoms. The van der Waals surface area contributed by atoms with Gasteiger partial charge in [0.15, 0.2) is 0 Å². The number of rotatable bonds is 3. The molecule has 1 nitrogen and oxygen atoms in total. The molecule has 0 saturated heterocycles. The van der Waals surface area contributed by atoms with E-state index in [1.807, 2.05) is 25.1 Å². The largest absolute Gasteiger partial charge is 0.327 e. The molecule has 0 aliphatic heterocycles. The van der Waals surface area contributed by atoms with Crippen LogP contribution in [0.1, 0.15) is 18.9 Å². The maximum absolute atomic E-state index is 5.94. The van der Waals surface area contributed by atoms with Crippen LogP contribution in [0.2, 0.25) is 0 Å². The molecular formula is C12H14BrN. The van der Waals surface area contributed by atoms with E-state index < -0.39 is 0 Å². The van der Waals surface area contributed by atoms with E-state index in [2.05, 4.69) is 33.8 Å². The van der Waals surface area contributed by atoms with Gasteiger partial charge in [-0.1, -0.05) is 34.1 Å². The molecule has 0 spiro atoms. The minimum absolute atomic E-state index is 0.126. The van der Waals surface area contributed by atoms with Crippen molar-refractivity contribution >= 4 is 15.9 Å². The Labute approximate surface area is 93.8 Å². The summed E-state index contributed by atoms with van der Waals surface area (Å²) < 4.78 is 1.12. The molecule has 1 aromatic carbocycles. The minimum Gasteiger partial charge on any atom is -0.327 e. The summed E-state index contributed by atoms with van der Waals surface area (Å²) in [7, 11) is 0. The number of nitrogens with two attached hydrogens (primary N) is 1. The zero-order chi connectivity index (χ0) is 10.4. The van der Waals surface area contributed by atoms with Gasteiger partial charge in [-0.25, -0.2) is 0 Å². The van der Waals surface area contributed by atoms with Crippen LogP contribution in [0.25, 0.3) is 0 Å². The fourth-order valence-electron chi connectivity index (χ4n) is 1.25. The van der Waals surface area contributed by atoms with Gasteiger partial charge in [-0.2, -0.15) is 0 Å². The molecule has 1 aromatic rings. The summed E-state index contributed by atoms with van der Waals surface area (Å²) in [4.78, 5) is 0. The van der Waals surface area contributed by atoms with Gasteiger partial charge in [-0.05, 0) is 25.0 Å². The normalized spacial score (nSPS) is 11.6. The van der Waals surface area contributed by atoms with E-state index in [0.29, 0.717) is 0 Å². The van der Waals surface area contributed by atoms with Crippen LogP contribution in [0, 0.1) is 11.8 Å². The quantitative estimate of drug-likeness (QED) is 0.822. The molecule has 14 heavy (non-hydrogen) atoms. The third-order valence-electron chi connectivity index (χ3n) is 1.98. The van der Waals surface area contributed by atoms with Crippen molar-refractivity contribution in [2.45, 2.75) is 25.8 Å². The lowest BCUT2D eigenvalue weighted by Gasteiger charge is -2.09. The smallest absolute Gasteiger partial charge is 0.0244 e. The predicted molar refractivity (Wildman–Crippen MR) is 63.9 cm³/mol. The monoisotopic (exact) mass is 251 g/mol. The van der Waals surface area contributed by atoms with Gasteiger partial charge in [0.25, 0.3) is 0 Å². The van der Waals surface area contributed by atoms with Crippen molar-refractivity contribution in [3.63, 3.8) is 0 Å². The number of halogens is 1. The number of hydrogen-bond acceptors (Lipinski definition) is 1. The van der Waals surface area contributed by atoms with Crippen molar-refractivity contribution in [3.05, 3.63) is 34.3 Å². The summed E-state index contributed by atoms with van der Waals surface area (Å²) >= 11 is 3.50. The van der Waals surface area contributed by atoms with Gasteiger partial charge < -0.3 is 5.73 Å². The first-order valence-corrected chi connectivity index (χ1v) is 5.42. The average Bonchev–Trinajstić information content (AvgIpc) is 2.18. The summed E-state index contributed by atoms with van der Waals surface area (Å²) in [5.41, 5.74) is 7.19. The van der Waals surface area contributed by atoms with E-state index in [1.54, 1.807) is 0 Å². The summed E-state index contributed by atoms with van der Waals surface area (Å²) in [5.74, 6) is 5.85. The molecule has 74 valence electrons. The summed E-state index contributed by atoms with van der Waals surface area (Å²) in [5, 5.41) is 0. The molecule has 0 saturated carbocycles. The third kappa shape index (κ3) is 3.53. The second-order valence-corrected chi connectivity index (χ2v) is 4.04. The molecule has 0 aliphatic rings. The van der Waals surface area contributed by atoms with Crippen LogP contribution >= 0.6 is 15.9 Å². The Kier molecular flexibility index (Phi) is 4.72. The van der Waals surface area contributed by atoms with Crippen LogP contribution in [-0.4, -0.2) is 6.04 Å². The van der Waals surface area contributed by atoms with Gasteiger partial charge in [-0.15, -0.1) is 11.8 Å². The van der Waals surface area contributed by atoms with E-state index in [0.717, 1.165) is 17.3 Å². The highest BCUT2D eigenvalue weighted by Crippen LogP contribution is 2.17. The molecule has 1 unspecified atom stereocenters. The fourth-order valence-corrected chi connectivity index (χ4v) is 1.70. The Morgan fingerprint density at radius 1 is 1.43 bits per heavy atom. The molecule has 0 bridgehead atoms. The molecule has 0 aromatic heterocycles. The average molecular weight is 252 g/mol. The van der Waals surface area contributed by atoms with Crippen LogP contribution in [0.15, 0.2) is 28.7 Å². The minimum atomic E-state index is 0.126. The Bertz CT molecular complexity index is 349. The first-order valence-electron chi connectivity index (χ1n) is 4.62. The van der Waals surface area contributed by atoms with Gasteiger partial charge in [0.2, 0.25) is 0 Å². The van der Waals surface area contributed by atoms with Crippen molar-refractivity contribution < 1.29 is 0 Å². The highest BCUT2D eigenvalue weighted by Gasteiger charge is 2.04. The maximum atomic E-state index is 5.94. The Balaban J connectivity index is 2.58. The maximum Gasteiger partial charge on any atom is 0.0244 e. The van der Waals surface area contributed by atoms with Crippen LogP contribution in [-0.2, 0) is 6.42 Å². The first kappa shape index (κ1) is 11.3. The van der Waals surface area contributed by atoms with Gasteiger partial charge in [0.05, 0.1) is 0 Å². The summed E-state index contributed by atoms with van der Waals surface area (Å²) in [6, 6.07) is 8.28. The highest BCUT2D eigenvalue weighted by molar-refractivity contribution is 9.10. The predicted octanol–water partition coefficient (Wildman–Crippen LogP) is 2.73. The number of benzene rings is 1. The van der Waals surface area contributed by atoms with Crippen LogP contribution < -0.4 is 5.73 Å². The van der Waals surface area contributed by atoms with Gasteiger partial charge in [0.1, 0.15) is 0 Å². The molecule has 0 heterocycles. The SMILES string of the molecule is CC#CCC(N)Cc1ccccc1Br. The van der Waals surface area contributed by atoms with Gasteiger partial charge >= 0.3 is 0 Å². The van der Waals surface area contributed by atoms with E-state index >= 15 is 0 Å². The second-order valence-electron chi connectivity index (χ2n) is 3.19. The standard InChI is InChI=1S/C12H14BrN/c1-2-3-7-11(14)9-10-6-4-5-8-12(10)13/h4-6,8,11H,7,9,14H2,1H3. The second kappa shape index (κ2) is 5.85. The van der Waals surface area contributed by atoms with Gasteiger partial charge in [0, 0.05) is 16.9 Å². The fraction of sp³-hybridized carbons (Fsp3) is 0.333. The topological polar surface area (TPSA) is 26.0 Å². The third-order valence-corrected chi connectivity index (χ3v) is 2.75. The Hall–Kier alpha value is -0.780. The van der Waals surface area contributed by atoms with Crippen molar-refractivity contribution in [2.24, 2.45) is 5.73 Å². The zero-order valence-corrected chi connectivity index (χ0v) is 9.84. The molecule has 1 rings (SSSR count). The molecule has 1 atom stereocenters. The van der Waals surface area contributed by atoms with E-state index in [4.69, 9.17) is 5.73 Å². The molecule has 0 radical (unpaired) electrons. The number of hydrogen-bond donors (Lipinski definition) is 1. The Morgan fingerprint density at radius 2 is 2.14 bits per heavy atom. The van der Waals surface area contributed by atoms with E-state index in [-0.39, 0.29) is 6.04 Å². The van der Waals surface area contributed by atoms with E-state index in [1.165, 1.54) is 5.56 Å². The molecule has 0 fully saturated rings. The van der Waals surface area contributed by atoms with Crippen molar-refractivity contribution in [1.29, 1.82) is 0 Å². The van der Waals surface area contributed by atoms with Crippen molar-refractivity contribution in [3.8, 4) is 11.8 Å². The summed E-state index contributed by atoms with van der Waals surface area (Å²) in [6.07, 6.45) is 1.63. The molecular weight excluding hydrogens is 238 g/mol. The lowest BCUT2D eigenvalue weighted by Crippen LogP contribution is -2.22. The van der Waals surface area contributed by atoms with Crippen LogP contribution in [0.4, 0.5) is 0 Å². The lowest BCUT2D eigenvalue weighted by molar-refractivity contribution is 0.687. The van der Waals surface area contributed by atoms with Crippen LogP contribution in [0.3, 0.4) is 0 Å². The Morgan fingerprint density at radius 3 is 2.79 bits per heavy atom. The summed E-state index contributed by atoms with van der Waals surface area (Å²) in [6.45, 7) is 1.84. The first-order chi connectivity index (χ1) is 6.74. The van der Waals surface area contributed by atoms with Crippen molar-refractivity contribution in [1.82, 2.24) is 0 Å². The van der Waals surface area contributed by atoms with Crippen molar-refractivity contribution in [2.75, 3.05) is 0 Å².